The van der Waals surface area contributed by atoms with Crippen LogP contribution in [0.4, 0.5) is 8.78 Å². The van der Waals surface area contributed by atoms with Gasteiger partial charge in [-0.1, -0.05) is 0 Å². The molecule has 4 nitrogen and oxygen atoms in total. The van der Waals surface area contributed by atoms with Crippen molar-refractivity contribution in [3.63, 3.8) is 0 Å². The zero-order valence-corrected chi connectivity index (χ0v) is 14.8. The van der Waals surface area contributed by atoms with Crippen LogP contribution in [0.1, 0.15) is 38.0 Å². The molecule has 6 heteroatoms. The Morgan fingerprint density at radius 1 is 1.27 bits per heavy atom. The van der Waals surface area contributed by atoms with Crippen molar-refractivity contribution in [2.75, 3.05) is 7.05 Å². The molecule has 2 aliphatic carbocycles. The highest BCUT2D eigenvalue weighted by molar-refractivity contribution is 5.76. The fourth-order valence-electron chi connectivity index (χ4n) is 3.69. The molecule has 2 aliphatic rings. The predicted octanol–water partition coefficient (Wildman–Crippen LogP) is 4.20. The van der Waals surface area contributed by atoms with Gasteiger partial charge in [-0.15, -0.1) is 0 Å². The molecule has 2 fully saturated rings. The molecule has 0 radical (unpaired) electrons. The van der Waals surface area contributed by atoms with Gasteiger partial charge in [0.25, 0.3) is 0 Å². The highest BCUT2D eigenvalue weighted by Gasteiger charge is 2.44. The van der Waals surface area contributed by atoms with Gasteiger partial charge in [0, 0.05) is 32.0 Å². The normalized spacial score (nSPS) is 16.9. The number of carbonyl (C=O) groups is 1. The fourth-order valence-corrected chi connectivity index (χ4v) is 3.69. The number of oxazole rings is 1. The summed E-state index contributed by atoms with van der Waals surface area (Å²) in [6.45, 7) is 0. The Morgan fingerprint density at radius 3 is 2.58 bits per heavy atom. The minimum absolute atomic E-state index is 0.0986. The van der Waals surface area contributed by atoms with E-state index in [1.807, 2.05) is 11.9 Å². The molecule has 138 valence electrons. The van der Waals surface area contributed by atoms with Crippen LogP contribution in [-0.4, -0.2) is 28.9 Å². The largest absolute Gasteiger partial charge is 0.441 e. The number of benzene rings is 1. The van der Waals surface area contributed by atoms with E-state index in [1.54, 1.807) is 0 Å². The van der Waals surface area contributed by atoms with E-state index in [1.165, 1.54) is 44.0 Å². The van der Waals surface area contributed by atoms with Crippen molar-refractivity contribution in [3.05, 3.63) is 41.9 Å². The SMILES string of the molecule is CN(C(=O)CCc1ncc(-c2ccc(F)cc2F)o1)C(C1CC1)C1CC1. The summed E-state index contributed by atoms with van der Waals surface area (Å²) in [7, 11) is 1.90. The van der Waals surface area contributed by atoms with Gasteiger partial charge in [-0.25, -0.2) is 13.8 Å². The number of carbonyl (C=O) groups excluding carboxylic acids is 1. The highest BCUT2D eigenvalue weighted by Crippen LogP contribution is 2.47. The number of hydrogen-bond donors (Lipinski definition) is 0. The number of halogens is 2. The van der Waals surface area contributed by atoms with Crippen LogP contribution in [0.5, 0.6) is 0 Å². The Balaban J connectivity index is 1.37. The van der Waals surface area contributed by atoms with Crippen molar-refractivity contribution < 1.29 is 18.0 Å². The van der Waals surface area contributed by atoms with Crippen molar-refractivity contribution in [3.8, 4) is 11.3 Å². The molecule has 1 aromatic carbocycles. The van der Waals surface area contributed by atoms with Crippen LogP contribution in [0.15, 0.2) is 28.8 Å². The molecular formula is C20H22F2N2O2. The summed E-state index contributed by atoms with van der Waals surface area (Å²) < 4.78 is 32.4. The van der Waals surface area contributed by atoms with Crippen LogP contribution in [-0.2, 0) is 11.2 Å². The molecule has 26 heavy (non-hydrogen) atoms. The lowest BCUT2D eigenvalue weighted by atomic mass is 10.1. The van der Waals surface area contributed by atoms with Gasteiger partial charge in [0.1, 0.15) is 11.6 Å². The second kappa shape index (κ2) is 6.82. The average Bonchev–Trinajstić information content (AvgIpc) is 3.54. The number of rotatable bonds is 7. The van der Waals surface area contributed by atoms with Gasteiger partial charge < -0.3 is 9.32 Å². The number of aryl methyl sites for hydroxylation is 1. The lowest BCUT2D eigenvalue weighted by Crippen LogP contribution is -2.40. The molecule has 1 amide bonds. The summed E-state index contributed by atoms with van der Waals surface area (Å²) >= 11 is 0. The van der Waals surface area contributed by atoms with Crippen molar-refractivity contribution in [1.82, 2.24) is 9.88 Å². The Hall–Kier alpha value is -2.24. The lowest BCUT2D eigenvalue weighted by Gasteiger charge is -2.28. The molecule has 0 spiro atoms. The monoisotopic (exact) mass is 360 g/mol. The van der Waals surface area contributed by atoms with Crippen molar-refractivity contribution in [1.29, 1.82) is 0 Å². The van der Waals surface area contributed by atoms with Crippen LogP contribution in [0.25, 0.3) is 11.3 Å². The van der Waals surface area contributed by atoms with Gasteiger partial charge >= 0.3 is 0 Å². The Labute approximate surface area is 151 Å². The molecule has 0 atom stereocenters. The highest BCUT2D eigenvalue weighted by atomic mass is 19.1. The summed E-state index contributed by atoms with van der Waals surface area (Å²) in [5.74, 6) is 0.742. The van der Waals surface area contributed by atoms with E-state index in [0.29, 0.717) is 36.6 Å². The van der Waals surface area contributed by atoms with Crippen LogP contribution >= 0.6 is 0 Å². The molecule has 4 rings (SSSR count). The predicted molar refractivity (Wildman–Crippen MR) is 92.2 cm³/mol. The molecule has 2 aromatic rings. The molecule has 0 bridgehead atoms. The van der Waals surface area contributed by atoms with Crippen molar-refractivity contribution in [2.24, 2.45) is 11.8 Å². The van der Waals surface area contributed by atoms with E-state index in [9.17, 15) is 13.6 Å². The minimum atomic E-state index is -0.694. The zero-order valence-electron chi connectivity index (χ0n) is 14.8. The number of aromatic nitrogens is 1. The maximum absolute atomic E-state index is 13.8. The summed E-state index contributed by atoms with van der Waals surface area (Å²) in [6, 6.07) is 3.70. The van der Waals surface area contributed by atoms with Crippen LogP contribution in [0, 0.1) is 23.5 Å². The standard InChI is InChI=1S/C20H22F2N2O2/c1-24(20(12-2-3-12)13-4-5-13)19(25)9-8-18-23-11-17(26-18)15-7-6-14(21)10-16(15)22/h6-7,10-13,20H,2-5,8-9H2,1H3. The third-order valence-corrected chi connectivity index (χ3v) is 5.35. The molecule has 0 unspecified atom stereocenters. The van der Waals surface area contributed by atoms with Gasteiger partial charge in [-0.05, 0) is 49.7 Å². The smallest absolute Gasteiger partial charge is 0.223 e. The van der Waals surface area contributed by atoms with Crippen molar-refractivity contribution >= 4 is 5.91 Å². The Kier molecular flexibility index (Phi) is 4.51. The van der Waals surface area contributed by atoms with E-state index < -0.39 is 11.6 Å². The van der Waals surface area contributed by atoms with E-state index in [4.69, 9.17) is 4.42 Å². The maximum Gasteiger partial charge on any atom is 0.223 e. The first-order valence-electron chi connectivity index (χ1n) is 9.18. The number of amides is 1. The molecular weight excluding hydrogens is 338 g/mol. The number of nitrogens with zero attached hydrogens (tertiary/aromatic N) is 2. The first kappa shape index (κ1) is 17.2. The van der Waals surface area contributed by atoms with Gasteiger partial charge in [0.2, 0.25) is 5.91 Å². The van der Waals surface area contributed by atoms with E-state index in [0.717, 1.165) is 6.07 Å². The summed E-state index contributed by atoms with van der Waals surface area (Å²) in [5.41, 5.74) is 0.163. The molecule has 1 heterocycles. The third kappa shape index (κ3) is 3.64. The summed E-state index contributed by atoms with van der Waals surface area (Å²) in [4.78, 5) is 18.6. The maximum atomic E-state index is 13.8. The van der Waals surface area contributed by atoms with Crippen LogP contribution < -0.4 is 0 Å². The van der Waals surface area contributed by atoms with Gasteiger partial charge in [0.15, 0.2) is 11.7 Å². The third-order valence-electron chi connectivity index (χ3n) is 5.35. The van der Waals surface area contributed by atoms with Gasteiger partial charge in [-0.3, -0.25) is 4.79 Å². The van der Waals surface area contributed by atoms with Gasteiger partial charge in [-0.2, -0.15) is 0 Å². The van der Waals surface area contributed by atoms with Crippen LogP contribution in [0.2, 0.25) is 0 Å². The molecule has 0 aliphatic heterocycles. The quantitative estimate of drug-likeness (QED) is 0.743. The minimum Gasteiger partial charge on any atom is -0.441 e. The molecule has 0 N–H and O–H groups in total. The summed E-state index contributed by atoms with van der Waals surface area (Å²) in [5, 5.41) is 0. The molecule has 2 saturated carbocycles. The second-order valence-electron chi connectivity index (χ2n) is 7.41. The zero-order chi connectivity index (χ0) is 18.3. The topological polar surface area (TPSA) is 46.3 Å². The van der Waals surface area contributed by atoms with Crippen molar-refractivity contribution in [2.45, 2.75) is 44.6 Å². The van der Waals surface area contributed by atoms with E-state index >= 15 is 0 Å². The molecule has 0 saturated heterocycles. The Morgan fingerprint density at radius 2 is 1.96 bits per heavy atom. The first-order valence-corrected chi connectivity index (χ1v) is 9.18. The van der Waals surface area contributed by atoms with E-state index in [-0.39, 0.29) is 17.2 Å². The second-order valence-corrected chi connectivity index (χ2v) is 7.41. The summed E-state index contributed by atoms with van der Waals surface area (Å²) in [6.07, 6.45) is 7.01. The lowest BCUT2D eigenvalue weighted by molar-refractivity contribution is -0.132. The molecule has 1 aromatic heterocycles. The van der Waals surface area contributed by atoms with E-state index in [2.05, 4.69) is 4.98 Å². The number of hydrogen-bond acceptors (Lipinski definition) is 3. The van der Waals surface area contributed by atoms with Gasteiger partial charge in [0.05, 0.1) is 11.8 Å². The fraction of sp³-hybridized carbons (Fsp3) is 0.500. The first-order chi connectivity index (χ1) is 12.5. The van der Waals surface area contributed by atoms with Crippen LogP contribution in [0.3, 0.4) is 0 Å². The average molecular weight is 360 g/mol. The Bertz CT molecular complexity index is 800.